The van der Waals surface area contributed by atoms with E-state index in [9.17, 15) is 21.6 Å². The Morgan fingerprint density at radius 3 is 2.32 bits per heavy atom. The third-order valence-corrected chi connectivity index (χ3v) is 5.48. The molecule has 1 aromatic rings. The fourth-order valence-corrected chi connectivity index (χ4v) is 3.95. The number of alkyl halides is 3. The van der Waals surface area contributed by atoms with E-state index in [4.69, 9.17) is 0 Å². The molecule has 3 nitrogen and oxygen atoms in total. The molecule has 19 heavy (non-hydrogen) atoms. The quantitative estimate of drug-likeness (QED) is 0.799. The Morgan fingerprint density at radius 2 is 1.79 bits per heavy atom. The summed E-state index contributed by atoms with van der Waals surface area (Å²) < 4.78 is 62.5. The molecule has 1 aromatic carbocycles. The third-order valence-electron chi connectivity index (χ3n) is 2.20. The van der Waals surface area contributed by atoms with Crippen LogP contribution < -0.4 is 4.72 Å². The molecule has 0 radical (unpaired) electrons. The van der Waals surface area contributed by atoms with Crippen LogP contribution in [-0.4, -0.2) is 21.1 Å². The highest BCUT2D eigenvalue weighted by molar-refractivity contribution is 9.11. The van der Waals surface area contributed by atoms with Gasteiger partial charge in [0.1, 0.15) is 0 Å². The molecule has 0 bridgehead atoms. The third kappa shape index (κ3) is 5.05. The molecule has 0 aliphatic carbocycles. The Kier molecular flexibility index (Phi) is 5.44. The zero-order valence-corrected chi connectivity index (χ0v) is 13.7. The van der Waals surface area contributed by atoms with E-state index >= 15 is 0 Å². The molecular formula is C10H10Br2F3NO2S. The van der Waals surface area contributed by atoms with Crippen LogP contribution in [0.3, 0.4) is 0 Å². The van der Waals surface area contributed by atoms with Gasteiger partial charge >= 0.3 is 6.18 Å². The Morgan fingerprint density at radius 1 is 1.21 bits per heavy atom. The van der Waals surface area contributed by atoms with Gasteiger partial charge < -0.3 is 0 Å². The molecule has 0 atom stereocenters. The first kappa shape index (κ1) is 16.9. The maximum absolute atomic E-state index is 12.0. The fraction of sp³-hybridized carbons (Fsp3) is 0.400. The highest BCUT2D eigenvalue weighted by Crippen LogP contribution is 2.29. The van der Waals surface area contributed by atoms with E-state index in [1.807, 2.05) is 4.72 Å². The predicted octanol–water partition coefficient (Wildman–Crippen LogP) is 3.75. The Balaban J connectivity index is 2.92. The van der Waals surface area contributed by atoms with E-state index in [0.717, 1.165) is 5.56 Å². The second kappa shape index (κ2) is 6.11. The summed E-state index contributed by atoms with van der Waals surface area (Å²) in [5, 5.41) is 0. The van der Waals surface area contributed by atoms with Crippen LogP contribution in [0.1, 0.15) is 12.0 Å². The van der Waals surface area contributed by atoms with Gasteiger partial charge in [-0.2, -0.15) is 13.2 Å². The molecular weight excluding hydrogens is 415 g/mol. The molecule has 1 N–H and O–H groups in total. The minimum absolute atomic E-state index is 0.104. The van der Waals surface area contributed by atoms with Gasteiger partial charge in [0, 0.05) is 15.5 Å². The van der Waals surface area contributed by atoms with Crippen LogP contribution in [0.2, 0.25) is 0 Å². The van der Waals surface area contributed by atoms with Gasteiger partial charge in [-0.25, -0.2) is 13.1 Å². The summed E-state index contributed by atoms with van der Waals surface area (Å²) in [6, 6.07) is 2.91. The molecule has 0 unspecified atom stereocenters. The molecule has 0 heterocycles. The SMILES string of the molecule is Cc1cc(Br)c(S(=O)(=O)NCCC(F)(F)F)cc1Br. The van der Waals surface area contributed by atoms with Crippen molar-refractivity contribution >= 4 is 41.9 Å². The number of hydrogen-bond acceptors (Lipinski definition) is 2. The van der Waals surface area contributed by atoms with Crippen LogP contribution >= 0.6 is 31.9 Å². The number of aryl methyl sites for hydroxylation is 1. The van der Waals surface area contributed by atoms with Gasteiger partial charge in [-0.3, -0.25) is 0 Å². The molecule has 0 spiro atoms. The molecule has 0 aromatic heterocycles. The van der Waals surface area contributed by atoms with Crippen LogP contribution in [-0.2, 0) is 10.0 Å². The van der Waals surface area contributed by atoms with Crippen molar-refractivity contribution in [3.63, 3.8) is 0 Å². The molecule has 0 saturated heterocycles. The standard InChI is InChI=1S/C10H10Br2F3NO2S/c1-6-4-8(12)9(5-7(6)11)19(17,18)16-3-2-10(13,14)15/h4-5,16H,2-3H2,1H3. The lowest BCUT2D eigenvalue weighted by Crippen LogP contribution is -2.28. The second-order valence-corrected chi connectivity index (χ2v) is 7.24. The number of sulfonamides is 1. The Bertz CT molecular complexity index is 573. The highest BCUT2D eigenvalue weighted by Gasteiger charge is 2.28. The molecule has 0 aliphatic heterocycles. The minimum atomic E-state index is -4.40. The lowest BCUT2D eigenvalue weighted by molar-refractivity contribution is -0.132. The minimum Gasteiger partial charge on any atom is -0.211 e. The van der Waals surface area contributed by atoms with E-state index < -0.39 is 29.2 Å². The average molecular weight is 425 g/mol. The van der Waals surface area contributed by atoms with Gasteiger partial charge in [0.05, 0.1) is 11.3 Å². The average Bonchev–Trinajstić information content (AvgIpc) is 2.20. The number of rotatable bonds is 4. The van der Waals surface area contributed by atoms with E-state index in [0.29, 0.717) is 8.95 Å². The summed E-state index contributed by atoms with van der Waals surface area (Å²) in [5.41, 5.74) is 0.807. The first-order valence-electron chi connectivity index (χ1n) is 5.05. The topological polar surface area (TPSA) is 46.2 Å². The molecule has 0 saturated carbocycles. The molecule has 1 rings (SSSR count). The lowest BCUT2D eigenvalue weighted by Gasteiger charge is -2.11. The van der Waals surface area contributed by atoms with Crippen molar-refractivity contribution in [2.45, 2.75) is 24.4 Å². The fourth-order valence-electron chi connectivity index (χ4n) is 1.24. The van der Waals surface area contributed by atoms with Crippen LogP contribution in [0, 0.1) is 6.92 Å². The van der Waals surface area contributed by atoms with Gasteiger partial charge in [0.2, 0.25) is 10.0 Å². The first-order valence-corrected chi connectivity index (χ1v) is 8.12. The van der Waals surface area contributed by atoms with Crippen molar-refractivity contribution < 1.29 is 21.6 Å². The maximum atomic E-state index is 12.0. The Labute approximate surface area is 125 Å². The van der Waals surface area contributed by atoms with Gasteiger partial charge in [-0.15, -0.1) is 0 Å². The Hall–Kier alpha value is -0.120. The summed E-state index contributed by atoms with van der Waals surface area (Å²) in [7, 11) is -3.98. The second-order valence-electron chi connectivity index (χ2n) is 3.79. The molecule has 108 valence electrons. The molecule has 0 fully saturated rings. The zero-order valence-electron chi connectivity index (χ0n) is 9.68. The van der Waals surface area contributed by atoms with E-state index in [1.54, 1.807) is 13.0 Å². The van der Waals surface area contributed by atoms with Crippen molar-refractivity contribution in [3.05, 3.63) is 26.6 Å². The number of hydrogen-bond donors (Lipinski definition) is 1. The number of benzene rings is 1. The van der Waals surface area contributed by atoms with E-state index in [2.05, 4.69) is 31.9 Å². The van der Waals surface area contributed by atoms with Crippen LogP contribution in [0.5, 0.6) is 0 Å². The normalized spacial score (nSPS) is 12.7. The highest BCUT2D eigenvalue weighted by atomic mass is 79.9. The molecule has 0 amide bonds. The van der Waals surface area contributed by atoms with Gasteiger partial charge in [-0.1, -0.05) is 15.9 Å². The van der Waals surface area contributed by atoms with Crippen molar-refractivity contribution in [2.24, 2.45) is 0 Å². The van der Waals surface area contributed by atoms with Gasteiger partial charge in [0.15, 0.2) is 0 Å². The molecule has 9 heteroatoms. The zero-order chi connectivity index (χ0) is 14.8. The van der Waals surface area contributed by atoms with Crippen LogP contribution in [0.25, 0.3) is 0 Å². The van der Waals surface area contributed by atoms with E-state index in [-0.39, 0.29) is 4.90 Å². The largest absolute Gasteiger partial charge is 0.390 e. The van der Waals surface area contributed by atoms with Crippen molar-refractivity contribution in [2.75, 3.05) is 6.54 Å². The van der Waals surface area contributed by atoms with Crippen molar-refractivity contribution in [1.29, 1.82) is 0 Å². The smallest absolute Gasteiger partial charge is 0.211 e. The summed E-state index contributed by atoms with van der Waals surface area (Å²) in [4.78, 5) is -0.104. The summed E-state index contributed by atoms with van der Waals surface area (Å²) >= 11 is 6.27. The number of nitrogens with one attached hydrogen (secondary N) is 1. The van der Waals surface area contributed by atoms with Gasteiger partial charge in [0.25, 0.3) is 0 Å². The van der Waals surface area contributed by atoms with Crippen molar-refractivity contribution in [1.82, 2.24) is 4.72 Å². The van der Waals surface area contributed by atoms with Gasteiger partial charge in [-0.05, 0) is 40.5 Å². The maximum Gasteiger partial charge on any atom is 0.390 e. The predicted molar refractivity (Wildman–Crippen MR) is 72.4 cm³/mol. The summed E-state index contributed by atoms with van der Waals surface area (Å²) in [5.74, 6) is 0. The summed E-state index contributed by atoms with van der Waals surface area (Å²) in [6.45, 7) is 1.08. The van der Waals surface area contributed by atoms with Crippen LogP contribution in [0.15, 0.2) is 26.0 Å². The van der Waals surface area contributed by atoms with E-state index in [1.165, 1.54) is 6.07 Å². The first-order chi connectivity index (χ1) is 8.53. The monoisotopic (exact) mass is 423 g/mol. The van der Waals surface area contributed by atoms with Crippen LogP contribution in [0.4, 0.5) is 13.2 Å². The van der Waals surface area contributed by atoms with Crippen molar-refractivity contribution in [3.8, 4) is 0 Å². The number of halogens is 5. The lowest BCUT2D eigenvalue weighted by atomic mass is 10.2. The molecule has 0 aliphatic rings. The summed E-state index contributed by atoms with van der Waals surface area (Å²) in [6.07, 6.45) is -5.61.